The van der Waals surface area contributed by atoms with Gasteiger partial charge in [0.25, 0.3) is 0 Å². The van der Waals surface area contributed by atoms with Crippen LogP contribution in [0.2, 0.25) is 0 Å². The van der Waals surface area contributed by atoms with Crippen LogP contribution in [0.1, 0.15) is 28.2 Å². The molecule has 0 radical (unpaired) electrons. The minimum atomic E-state index is -0.497. The summed E-state index contributed by atoms with van der Waals surface area (Å²) in [6.45, 7) is 0.191. The fraction of sp³-hybridized carbons (Fsp3) is 0.160. The Hall–Kier alpha value is -3.44. The second-order valence-electron chi connectivity index (χ2n) is 7.12. The van der Waals surface area contributed by atoms with E-state index in [1.807, 2.05) is 24.3 Å². The molecule has 0 saturated heterocycles. The molecule has 0 heterocycles. The number of hydrogen-bond acceptors (Lipinski definition) is 3. The first-order valence-corrected chi connectivity index (χ1v) is 9.82. The van der Waals surface area contributed by atoms with Crippen LogP contribution in [-0.4, -0.2) is 24.4 Å². The lowest BCUT2D eigenvalue weighted by Gasteiger charge is -2.14. The molecular formula is C25H22FNO3. The van der Waals surface area contributed by atoms with Gasteiger partial charge in [0.05, 0.1) is 6.61 Å². The molecule has 1 amide bonds. The van der Waals surface area contributed by atoms with Crippen molar-refractivity contribution in [1.82, 2.24) is 5.32 Å². The van der Waals surface area contributed by atoms with Crippen molar-refractivity contribution in [2.45, 2.75) is 12.5 Å². The van der Waals surface area contributed by atoms with E-state index in [0.29, 0.717) is 5.56 Å². The number of hydrogen-bond donors (Lipinski definition) is 2. The summed E-state index contributed by atoms with van der Waals surface area (Å²) in [5.74, 6) is -0.434. The van der Waals surface area contributed by atoms with Gasteiger partial charge in [0.1, 0.15) is 12.4 Å². The fourth-order valence-electron chi connectivity index (χ4n) is 3.78. The first kappa shape index (κ1) is 19.9. The number of aliphatic hydroxyl groups is 1. The van der Waals surface area contributed by atoms with Crippen molar-refractivity contribution in [1.29, 1.82) is 0 Å². The molecule has 3 aromatic carbocycles. The number of amides is 1. The smallest absolute Gasteiger partial charge is 0.407 e. The standard InChI is InChI=1S/C25H22FNO3/c26-24-14-17(11-12-18(24)15-28)6-5-13-27-25(29)30-16-23-21-9-3-1-7-19(21)20-8-2-4-10-22(20)23/h1-12,14,23,28H,13,15-16H2,(H,27,29). The highest BCUT2D eigenvalue weighted by Crippen LogP contribution is 2.44. The van der Waals surface area contributed by atoms with Crippen LogP contribution in [0.5, 0.6) is 0 Å². The maximum Gasteiger partial charge on any atom is 0.407 e. The van der Waals surface area contributed by atoms with Crippen LogP contribution < -0.4 is 5.32 Å². The fourth-order valence-corrected chi connectivity index (χ4v) is 3.78. The van der Waals surface area contributed by atoms with Gasteiger partial charge in [-0.3, -0.25) is 0 Å². The SMILES string of the molecule is O=C(NCC=Cc1ccc(CO)c(F)c1)OCC1c2ccccc2-c2ccccc21. The molecule has 0 unspecified atom stereocenters. The Balaban J connectivity index is 1.32. The summed E-state index contributed by atoms with van der Waals surface area (Å²) < 4.78 is 19.1. The van der Waals surface area contributed by atoms with Crippen LogP contribution in [0.4, 0.5) is 9.18 Å². The van der Waals surface area contributed by atoms with Crippen LogP contribution in [0, 0.1) is 5.82 Å². The molecule has 0 aromatic heterocycles. The second kappa shape index (κ2) is 8.93. The van der Waals surface area contributed by atoms with Gasteiger partial charge >= 0.3 is 6.09 Å². The van der Waals surface area contributed by atoms with E-state index in [2.05, 4.69) is 29.6 Å². The molecule has 5 heteroatoms. The topological polar surface area (TPSA) is 58.6 Å². The van der Waals surface area contributed by atoms with Gasteiger partial charge in [-0.25, -0.2) is 9.18 Å². The van der Waals surface area contributed by atoms with E-state index in [1.165, 1.54) is 34.4 Å². The highest BCUT2D eigenvalue weighted by molar-refractivity contribution is 5.79. The van der Waals surface area contributed by atoms with Crippen molar-refractivity contribution >= 4 is 12.2 Å². The predicted molar refractivity (Wildman–Crippen MR) is 114 cm³/mol. The molecule has 152 valence electrons. The third kappa shape index (κ3) is 4.11. The Labute approximate surface area is 174 Å². The Bertz CT molecular complexity index is 1050. The van der Waals surface area contributed by atoms with Crippen molar-refractivity contribution < 1.29 is 19.0 Å². The molecule has 0 bridgehead atoms. The number of carbonyl (C=O) groups is 1. The third-order valence-electron chi connectivity index (χ3n) is 5.27. The molecule has 4 nitrogen and oxygen atoms in total. The zero-order valence-electron chi connectivity index (χ0n) is 16.3. The number of fused-ring (bicyclic) bond motifs is 3. The minimum Gasteiger partial charge on any atom is -0.449 e. The largest absolute Gasteiger partial charge is 0.449 e. The lowest BCUT2D eigenvalue weighted by molar-refractivity contribution is 0.144. The number of carbonyl (C=O) groups excluding carboxylic acids is 1. The Kier molecular flexibility index (Phi) is 5.91. The van der Waals surface area contributed by atoms with Gasteiger partial charge < -0.3 is 15.2 Å². The summed E-state index contributed by atoms with van der Waals surface area (Å²) >= 11 is 0. The van der Waals surface area contributed by atoms with Crippen molar-refractivity contribution in [3.63, 3.8) is 0 Å². The van der Waals surface area contributed by atoms with Gasteiger partial charge in [0.2, 0.25) is 0 Å². The molecular weight excluding hydrogens is 381 g/mol. The van der Waals surface area contributed by atoms with Crippen LogP contribution in [0.15, 0.2) is 72.8 Å². The molecule has 1 aliphatic rings. The summed E-state index contributed by atoms with van der Waals surface area (Å²) in [5.41, 5.74) is 5.61. The second-order valence-corrected chi connectivity index (χ2v) is 7.12. The van der Waals surface area contributed by atoms with Crippen LogP contribution in [0.25, 0.3) is 17.2 Å². The van der Waals surface area contributed by atoms with E-state index in [9.17, 15) is 9.18 Å². The van der Waals surface area contributed by atoms with Crippen LogP contribution in [-0.2, 0) is 11.3 Å². The average Bonchev–Trinajstić information content (AvgIpc) is 3.09. The lowest BCUT2D eigenvalue weighted by Crippen LogP contribution is -2.26. The Morgan fingerprint density at radius 2 is 1.70 bits per heavy atom. The highest BCUT2D eigenvalue weighted by Gasteiger charge is 2.28. The molecule has 2 N–H and O–H groups in total. The van der Waals surface area contributed by atoms with Gasteiger partial charge in [0, 0.05) is 18.0 Å². The summed E-state index contributed by atoms with van der Waals surface area (Å²) in [7, 11) is 0. The zero-order valence-corrected chi connectivity index (χ0v) is 16.3. The predicted octanol–water partition coefficient (Wildman–Crippen LogP) is 4.87. The van der Waals surface area contributed by atoms with E-state index < -0.39 is 11.9 Å². The van der Waals surface area contributed by atoms with Gasteiger partial charge in [-0.1, -0.05) is 72.8 Å². The van der Waals surface area contributed by atoms with Gasteiger partial charge in [-0.2, -0.15) is 0 Å². The third-order valence-corrected chi connectivity index (χ3v) is 5.27. The summed E-state index contributed by atoms with van der Waals surface area (Å²) in [6.07, 6.45) is 2.92. The number of halogens is 1. The average molecular weight is 403 g/mol. The summed E-state index contributed by atoms with van der Waals surface area (Å²) in [4.78, 5) is 12.1. The first-order valence-electron chi connectivity index (χ1n) is 9.82. The molecule has 1 aliphatic carbocycles. The number of rotatable bonds is 6. The molecule has 0 fully saturated rings. The minimum absolute atomic E-state index is 0.0201. The maximum atomic E-state index is 13.7. The van der Waals surface area contributed by atoms with Gasteiger partial charge in [0.15, 0.2) is 0 Å². The van der Waals surface area contributed by atoms with Crippen LogP contribution >= 0.6 is 0 Å². The van der Waals surface area contributed by atoms with E-state index in [4.69, 9.17) is 9.84 Å². The lowest BCUT2D eigenvalue weighted by atomic mass is 9.98. The molecule has 4 rings (SSSR count). The van der Waals surface area contributed by atoms with Crippen molar-refractivity contribution in [3.05, 3.63) is 101 Å². The van der Waals surface area contributed by atoms with E-state index in [-0.39, 0.29) is 31.2 Å². The Morgan fingerprint density at radius 1 is 1.03 bits per heavy atom. The van der Waals surface area contributed by atoms with E-state index in [1.54, 1.807) is 18.2 Å². The number of ether oxygens (including phenoxy) is 1. The van der Waals surface area contributed by atoms with Crippen molar-refractivity contribution in [2.24, 2.45) is 0 Å². The normalized spacial score (nSPS) is 12.6. The molecule has 0 saturated carbocycles. The van der Waals surface area contributed by atoms with Gasteiger partial charge in [-0.05, 0) is 33.9 Å². The molecule has 0 spiro atoms. The number of aliphatic hydroxyl groups excluding tert-OH is 1. The number of nitrogens with one attached hydrogen (secondary N) is 1. The summed E-state index contributed by atoms with van der Waals surface area (Å²) in [5, 5.41) is 11.7. The molecule has 3 aromatic rings. The van der Waals surface area contributed by atoms with Crippen molar-refractivity contribution in [2.75, 3.05) is 13.2 Å². The van der Waals surface area contributed by atoms with E-state index >= 15 is 0 Å². The molecule has 0 atom stereocenters. The zero-order chi connectivity index (χ0) is 20.9. The quantitative estimate of drug-likeness (QED) is 0.617. The van der Waals surface area contributed by atoms with Crippen LogP contribution in [0.3, 0.4) is 0 Å². The highest BCUT2D eigenvalue weighted by atomic mass is 19.1. The monoisotopic (exact) mass is 403 g/mol. The number of alkyl carbamates (subject to hydrolysis) is 1. The Morgan fingerprint density at radius 3 is 2.33 bits per heavy atom. The summed E-state index contributed by atoms with van der Waals surface area (Å²) in [6, 6.07) is 20.9. The van der Waals surface area contributed by atoms with Crippen molar-refractivity contribution in [3.8, 4) is 11.1 Å². The number of benzene rings is 3. The van der Waals surface area contributed by atoms with E-state index in [0.717, 1.165) is 0 Å². The maximum absolute atomic E-state index is 13.7. The molecule has 30 heavy (non-hydrogen) atoms. The first-order chi connectivity index (χ1) is 14.7. The van der Waals surface area contributed by atoms with Gasteiger partial charge in [-0.15, -0.1) is 0 Å². The molecule has 0 aliphatic heterocycles.